The number of hydrogen-bond donors (Lipinski definition) is 1. The predicted octanol–water partition coefficient (Wildman–Crippen LogP) is 5.86. The first-order valence-electron chi connectivity index (χ1n) is 6.62. The van der Waals surface area contributed by atoms with Crippen molar-refractivity contribution in [3.05, 3.63) is 61.5 Å². The molecule has 20 heavy (non-hydrogen) atoms. The highest BCUT2D eigenvalue weighted by molar-refractivity contribution is 9.10. The van der Waals surface area contributed by atoms with E-state index in [1.807, 2.05) is 12.1 Å². The number of fused-ring (bicyclic) bond motifs is 1. The molecule has 1 aliphatic rings. The van der Waals surface area contributed by atoms with Crippen LogP contribution in [-0.2, 0) is 19.4 Å². The summed E-state index contributed by atoms with van der Waals surface area (Å²) in [4.78, 5) is 0. The first kappa shape index (κ1) is 14.2. The van der Waals surface area contributed by atoms with Crippen LogP contribution in [0.25, 0.3) is 0 Å². The molecule has 3 rings (SSSR count). The Kier molecular flexibility index (Phi) is 4.25. The molecule has 0 amide bonds. The molecule has 0 unspecified atom stereocenters. The van der Waals surface area contributed by atoms with Gasteiger partial charge in [-0.25, -0.2) is 0 Å². The van der Waals surface area contributed by atoms with Crippen LogP contribution in [0.5, 0.6) is 0 Å². The van der Waals surface area contributed by atoms with Gasteiger partial charge in [0.2, 0.25) is 0 Å². The number of hydrogen-bond acceptors (Lipinski definition) is 1. The summed E-state index contributed by atoms with van der Waals surface area (Å²) in [5, 5.41) is 4.59. The number of anilines is 1. The second-order valence-electron chi connectivity index (χ2n) is 5.05. The first-order chi connectivity index (χ1) is 9.63. The summed E-state index contributed by atoms with van der Waals surface area (Å²) in [6, 6.07) is 10.4. The van der Waals surface area contributed by atoms with Gasteiger partial charge in [0.05, 0.1) is 15.7 Å². The standard InChI is InChI=1S/C16H14BrCl2N/c17-13-7-14(18)16(15(19)8-13)20-9-10-4-5-11-2-1-3-12(11)6-10/h4-8,20H,1-3,9H2. The van der Waals surface area contributed by atoms with Crippen LogP contribution in [0.3, 0.4) is 0 Å². The molecular weight excluding hydrogens is 357 g/mol. The van der Waals surface area contributed by atoms with Crippen molar-refractivity contribution < 1.29 is 0 Å². The monoisotopic (exact) mass is 369 g/mol. The van der Waals surface area contributed by atoms with Gasteiger partial charge in [0.25, 0.3) is 0 Å². The molecule has 0 atom stereocenters. The van der Waals surface area contributed by atoms with E-state index < -0.39 is 0 Å². The van der Waals surface area contributed by atoms with E-state index in [1.165, 1.54) is 36.0 Å². The van der Waals surface area contributed by atoms with E-state index in [0.717, 1.165) is 16.7 Å². The molecule has 0 aliphatic heterocycles. The van der Waals surface area contributed by atoms with Crippen LogP contribution >= 0.6 is 39.1 Å². The number of nitrogens with one attached hydrogen (secondary N) is 1. The quantitative estimate of drug-likeness (QED) is 0.713. The number of aryl methyl sites for hydroxylation is 2. The molecule has 1 aliphatic carbocycles. The summed E-state index contributed by atoms with van der Waals surface area (Å²) in [5.74, 6) is 0. The molecule has 1 nitrogen and oxygen atoms in total. The van der Waals surface area contributed by atoms with Crippen LogP contribution in [-0.4, -0.2) is 0 Å². The molecule has 0 heterocycles. The van der Waals surface area contributed by atoms with Crippen molar-refractivity contribution in [3.63, 3.8) is 0 Å². The van der Waals surface area contributed by atoms with Crippen LogP contribution in [0.4, 0.5) is 5.69 Å². The van der Waals surface area contributed by atoms with E-state index in [0.29, 0.717) is 10.0 Å². The van der Waals surface area contributed by atoms with Gasteiger partial charge in [0, 0.05) is 11.0 Å². The van der Waals surface area contributed by atoms with Crippen LogP contribution < -0.4 is 5.32 Å². The van der Waals surface area contributed by atoms with E-state index in [1.54, 1.807) is 0 Å². The molecule has 1 N–H and O–H groups in total. The average Bonchev–Trinajstić information content (AvgIpc) is 2.84. The molecule has 2 aromatic rings. The second-order valence-corrected chi connectivity index (χ2v) is 6.78. The molecule has 0 radical (unpaired) electrons. The van der Waals surface area contributed by atoms with Crippen molar-refractivity contribution in [2.24, 2.45) is 0 Å². The van der Waals surface area contributed by atoms with Gasteiger partial charge < -0.3 is 5.32 Å². The fourth-order valence-corrected chi connectivity index (χ4v) is 3.98. The largest absolute Gasteiger partial charge is 0.379 e. The average molecular weight is 371 g/mol. The van der Waals surface area contributed by atoms with Crippen LogP contribution in [0.15, 0.2) is 34.8 Å². The summed E-state index contributed by atoms with van der Waals surface area (Å²) in [7, 11) is 0. The third kappa shape index (κ3) is 2.98. The van der Waals surface area contributed by atoms with E-state index in [2.05, 4.69) is 39.4 Å². The fraction of sp³-hybridized carbons (Fsp3) is 0.250. The zero-order valence-electron chi connectivity index (χ0n) is 10.8. The third-order valence-electron chi connectivity index (χ3n) is 3.64. The molecule has 0 bridgehead atoms. The van der Waals surface area contributed by atoms with E-state index in [9.17, 15) is 0 Å². The molecule has 4 heteroatoms. The summed E-state index contributed by atoms with van der Waals surface area (Å²) >= 11 is 15.8. The minimum atomic E-state index is 0.630. The molecule has 0 saturated carbocycles. The number of benzene rings is 2. The van der Waals surface area contributed by atoms with Gasteiger partial charge >= 0.3 is 0 Å². The Morgan fingerprint density at radius 3 is 2.45 bits per heavy atom. The van der Waals surface area contributed by atoms with Gasteiger partial charge in [-0.2, -0.15) is 0 Å². The molecule has 0 fully saturated rings. The molecule has 0 saturated heterocycles. The molecule has 0 spiro atoms. The maximum atomic E-state index is 6.22. The fourth-order valence-electron chi connectivity index (χ4n) is 2.64. The highest BCUT2D eigenvalue weighted by Gasteiger charge is 2.11. The Morgan fingerprint density at radius 2 is 1.70 bits per heavy atom. The molecule has 104 valence electrons. The summed E-state index contributed by atoms with van der Waals surface area (Å²) in [6.45, 7) is 0.731. The Labute approximate surface area is 137 Å². The lowest BCUT2D eigenvalue weighted by Crippen LogP contribution is -2.01. The Bertz CT molecular complexity index is 632. The van der Waals surface area contributed by atoms with E-state index in [-0.39, 0.29) is 0 Å². The van der Waals surface area contributed by atoms with Crippen LogP contribution in [0, 0.1) is 0 Å². The van der Waals surface area contributed by atoms with Gasteiger partial charge in [-0.15, -0.1) is 0 Å². The van der Waals surface area contributed by atoms with Gasteiger partial charge in [-0.1, -0.05) is 57.3 Å². The molecule has 2 aromatic carbocycles. The minimum Gasteiger partial charge on any atom is -0.379 e. The SMILES string of the molecule is Clc1cc(Br)cc(Cl)c1NCc1ccc2c(c1)CCC2. The summed E-state index contributed by atoms with van der Waals surface area (Å²) < 4.78 is 0.885. The third-order valence-corrected chi connectivity index (χ3v) is 4.69. The first-order valence-corrected chi connectivity index (χ1v) is 8.17. The Hall–Kier alpha value is -0.700. The number of halogens is 3. The zero-order valence-corrected chi connectivity index (χ0v) is 13.9. The molecular formula is C16H14BrCl2N. The topological polar surface area (TPSA) is 12.0 Å². The van der Waals surface area contributed by atoms with Gasteiger partial charge in [-0.3, -0.25) is 0 Å². The van der Waals surface area contributed by atoms with Crippen molar-refractivity contribution in [3.8, 4) is 0 Å². The van der Waals surface area contributed by atoms with Gasteiger partial charge in [-0.05, 0) is 48.1 Å². The predicted molar refractivity (Wildman–Crippen MR) is 90.0 cm³/mol. The van der Waals surface area contributed by atoms with Gasteiger partial charge in [0.15, 0.2) is 0 Å². The minimum absolute atomic E-state index is 0.630. The lowest BCUT2D eigenvalue weighted by atomic mass is 10.1. The van der Waals surface area contributed by atoms with E-state index in [4.69, 9.17) is 23.2 Å². The normalized spacial score (nSPS) is 13.3. The highest BCUT2D eigenvalue weighted by Crippen LogP contribution is 2.34. The summed E-state index contributed by atoms with van der Waals surface area (Å²) in [6.07, 6.45) is 3.69. The van der Waals surface area contributed by atoms with Crippen molar-refractivity contribution in [1.29, 1.82) is 0 Å². The maximum absolute atomic E-state index is 6.22. The van der Waals surface area contributed by atoms with Crippen molar-refractivity contribution in [1.82, 2.24) is 0 Å². The zero-order chi connectivity index (χ0) is 14.1. The molecule has 0 aromatic heterocycles. The maximum Gasteiger partial charge on any atom is 0.0722 e. The Morgan fingerprint density at radius 1 is 1.00 bits per heavy atom. The van der Waals surface area contributed by atoms with Crippen molar-refractivity contribution >= 4 is 44.8 Å². The lowest BCUT2D eigenvalue weighted by Gasteiger charge is -2.12. The van der Waals surface area contributed by atoms with Crippen molar-refractivity contribution in [2.75, 3.05) is 5.32 Å². The van der Waals surface area contributed by atoms with Gasteiger partial charge in [0.1, 0.15) is 0 Å². The highest BCUT2D eigenvalue weighted by atomic mass is 79.9. The van der Waals surface area contributed by atoms with Crippen molar-refractivity contribution in [2.45, 2.75) is 25.8 Å². The van der Waals surface area contributed by atoms with Crippen LogP contribution in [0.1, 0.15) is 23.1 Å². The van der Waals surface area contributed by atoms with E-state index >= 15 is 0 Å². The summed E-state index contributed by atoms with van der Waals surface area (Å²) in [5.41, 5.74) is 5.03. The lowest BCUT2D eigenvalue weighted by molar-refractivity contribution is 0.911. The number of rotatable bonds is 3. The smallest absolute Gasteiger partial charge is 0.0722 e. The van der Waals surface area contributed by atoms with Crippen LogP contribution in [0.2, 0.25) is 10.0 Å². The Balaban J connectivity index is 1.77. The second kappa shape index (κ2) is 5.97.